The van der Waals surface area contributed by atoms with E-state index in [-0.39, 0.29) is 13.3 Å². The van der Waals surface area contributed by atoms with E-state index in [1.54, 1.807) is 18.2 Å². The highest BCUT2D eigenvalue weighted by atomic mass is 79.9. The summed E-state index contributed by atoms with van der Waals surface area (Å²) in [5.41, 5.74) is 4.61. The maximum absolute atomic E-state index is 12.2. The number of nitrogens with one attached hydrogen (secondary N) is 2. The molecule has 4 rings (SSSR count). The number of fused-ring (bicyclic) bond motifs is 1. The van der Waals surface area contributed by atoms with Gasteiger partial charge >= 0.3 is 0 Å². The van der Waals surface area contributed by atoms with Gasteiger partial charge in [0.05, 0.1) is 12.8 Å². The van der Waals surface area contributed by atoms with Gasteiger partial charge in [0.1, 0.15) is 12.4 Å². The summed E-state index contributed by atoms with van der Waals surface area (Å²) in [4.78, 5) is 24.1. The Morgan fingerprint density at radius 1 is 1.00 bits per heavy atom. The molecule has 0 aliphatic carbocycles. The largest absolute Gasteiger partial charge is 0.489 e. The van der Waals surface area contributed by atoms with Crippen molar-refractivity contribution in [3.63, 3.8) is 0 Å². The minimum Gasteiger partial charge on any atom is -0.489 e. The number of halogens is 1. The molecule has 2 N–H and O–H groups in total. The molecule has 0 aromatic heterocycles. The predicted molar refractivity (Wildman–Crippen MR) is 126 cm³/mol. The fourth-order valence-electron chi connectivity index (χ4n) is 2.92. The second-order valence-corrected chi connectivity index (χ2v) is 7.94. The molecule has 1 aliphatic heterocycles. The molecule has 0 bridgehead atoms. The van der Waals surface area contributed by atoms with Crippen LogP contribution in [0.25, 0.3) is 0 Å². The van der Waals surface area contributed by atoms with E-state index in [1.165, 1.54) is 6.21 Å². The number of rotatable bonds is 8. The van der Waals surface area contributed by atoms with Crippen molar-refractivity contribution in [2.45, 2.75) is 6.61 Å². The lowest BCUT2D eigenvalue weighted by atomic mass is 10.2. The Bertz CT molecular complexity index is 1160. The number of carbonyl (C=O) groups is 2. The minimum atomic E-state index is -0.449. The Balaban J connectivity index is 1.19. The summed E-state index contributed by atoms with van der Waals surface area (Å²) in [6, 6.07) is 20.1. The van der Waals surface area contributed by atoms with E-state index in [4.69, 9.17) is 14.2 Å². The van der Waals surface area contributed by atoms with Gasteiger partial charge in [0.2, 0.25) is 6.79 Å². The topological polar surface area (TPSA) is 98.3 Å². The van der Waals surface area contributed by atoms with Gasteiger partial charge in [-0.3, -0.25) is 9.59 Å². The number of hydrogen-bond acceptors (Lipinski definition) is 6. The van der Waals surface area contributed by atoms with Crippen molar-refractivity contribution < 1.29 is 23.8 Å². The quantitative estimate of drug-likeness (QED) is 0.356. The van der Waals surface area contributed by atoms with Crippen LogP contribution in [0.15, 0.2) is 76.3 Å². The zero-order chi connectivity index (χ0) is 23.0. The average Bonchev–Trinajstić information content (AvgIpc) is 3.31. The van der Waals surface area contributed by atoms with Crippen LogP contribution in [0.3, 0.4) is 0 Å². The van der Waals surface area contributed by atoms with Crippen molar-refractivity contribution in [1.29, 1.82) is 0 Å². The van der Waals surface area contributed by atoms with Gasteiger partial charge in [-0.25, -0.2) is 5.43 Å². The van der Waals surface area contributed by atoms with E-state index < -0.39 is 11.8 Å². The fourth-order valence-corrected chi connectivity index (χ4v) is 3.18. The number of nitrogens with zero attached hydrogens (tertiary/aromatic N) is 1. The van der Waals surface area contributed by atoms with Gasteiger partial charge < -0.3 is 19.5 Å². The maximum Gasteiger partial charge on any atom is 0.259 e. The molecule has 1 heterocycles. The summed E-state index contributed by atoms with van der Waals surface area (Å²) < 4.78 is 17.2. The molecule has 1 aliphatic rings. The van der Waals surface area contributed by atoms with Gasteiger partial charge in [-0.05, 0) is 65.7 Å². The van der Waals surface area contributed by atoms with Crippen molar-refractivity contribution >= 4 is 34.0 Å². The molecule has 8 nitrogen and oxygen atoms in total. The van der Waals surface area contributed by atoms with Gasteiger partial charge in [-0.2, -0.15) is 5.10 Å². The van der Waals surface area contributed by atoms with Gasteiger partial charge in [-0.15, -0.1) is 0 Å². The van der Waals surface area contributed by atoms with Crippen LogP contribution >= 0.6 is 15.9 Å². The zero-order valence-corrected chi connectivity index (χ0v) is 19.0. The first-order valence-corrected chi connectivity index (χ1v) is 10.8. The molecule has 3 aromatic carbocycles. The lowest BCUT2D eigenvalue weighted by Gasteiger charge is -2.07. The molecular weight excluding hydrogens is 490 g/mol. The summed E-state index contributed by atoms with van der Waals surface area (Å²) in [5, 5.41) is 6.45. The molecule has 3 aromatic rings. The van der Waals surface area contributed by atoms with Gasteiger partial charge in [0.15, 0.2) is 11.5 Å². The highest BCUT2D eigenvalue weighted by Crippen LogP contribution is 2.32. The average molecular weight is 510 g/mol. The summed E-state index contributed by atoms with van der Waals surface area (Å²) in [5.74, 6) is 0.968. The third kappa shape index (κ3) is 6.33. The highest BCUT2D eigenvalue weighted by molar-refractivity contribution is 9.10. The molecule has 168 valence electrons. The standard InChI is InChI=1S/C24H20BrN3O5/c25-19-6-1-17(2-7-19)14-31-20-8-3-16(4-9-20)12-27-28-23(29)13-26-24(30)18-5-10-21-22(11-18)33-15-32-21/h1-12H,13-15H2,(H,26,30)(H,28,29). The summed E-state index contributed by atoms with van der Waals surface area (Å²) in [7, 11) is 0. The van der Waals surface area contributed by atoms with Crippen LogP contribution in [0, 0.1) is 0 Å². The van der Waals surface area contributed by atoms with Crippen molar-refractivity contribution in [1.82, 2.24) is 10.7 Å². The first-order valence-electron chi connectivity index (χ1n) is 10.0. The molecule has 0 spiro atoms. The second-order valence-electron chi connectivity index (χ2n) is 7.03. The Labute approximate surface area is 198 Å². The van der Waals surface area contributed by atoms with Crippen LogP contribution < -0.4 is 25.0 Å². The van der Waals surface area contributed by atoms with Gasteiger partial charge in [0, 0.05) is 10.0 Å². The molecular formula is C24H20BrN3O5. The Kier molecular flexibility index (Phi) is 7.21. The number of benzene rings is 3. The van der Waals surface area contributed by atoms with E-state index in [9.17, 15) is 9.59 Å². The van der Waals surface area contributed by atoms with Crippen molar-refractivity contribution in [3.8, 4) is 17.2 Å². The smallest absolute Gasteiger partial charge is 0.259 e. The fraction of sp³-hybridized carbons (Fsp3) is 0.125. The molecule has 9 heteroatoms. The molecule has 33 heavy (non-hydrogen) atoms. The third-order valence-electron chi connectivity index (χ3n) is 4.65. The lowest BCUT2D eigenvalue weighted by Crippen LogP contribution is -2.34. The lowest BCUT2D eigenvalue weighted by molar-refractivity contribution is -0.120. The molecule has 0 saturated heterocycles. The van der Waals surface area contributed by atoms with Crippen molar-refractivity contribution in [2.75, 3.05) is 13.3 Å². The SMILES string of the molecule is O=C(CNC(=O)c1ccc2c(c1)OCO2)NN=Cc1ccc(OCc2ccc(Br)cc2)cc1. The maximum atomic E-state index is 12.2. The van der Waals surface area contributed by atoms with E-state index in [0.29, 0.717) is 23.7 Å². The molecule has 0 atom stereocenters. The van der Waals surface area contributed by atoms with Crippen molar-refractivity contribution in [2.24, 2.45) is 5.10 Å². The predicted octanol–water partition coefficient (Wildman–Crippen LogP) is 3.64. The highest BCUT2D eigenvalue weighted by Gasteiger charge is 2.16. The molecule has 0 fully saturated rings. The van der Waals surface area contributed by atoms with Crippen LogP contribution in [0.2, 0.25) is 0 Å². The number of hydrazone groups is 1. The zero-order valence-electron chi connectivity index (χ0n) is 17.4. The monoisotopic (exact) mass is 509 g/mol. The normalized spacial score (nSPS) is 11.9. The van der Waals surface area contributed by atoms with E-state index in [1.807, 2.05) is 48.5 Å². The second kappa shape index (κ2) is 10.6. The number of ether oxygens (including phenoxy) is 3. The molecule has 0 unspecified atom stereocenters. The first kappa shape index (κ1) is 22.3. The Morgan fingerprint density at radius 3 is 2.55 bits per heavy atom. The molecule has 0 saturated carbocycles. The van der Waals surface area contributed by atoms with E-state index >= 15 is 0 Å². The van der Waals surface area contributed by atoms with Crippen LogP contribution in [0.4, 0.5) is 0 Å². The van der Waals surface area contributed by atoms with Crippen LogP contribution in [-0.4, -0.2) is 31.4 Å². The first-order chi connectivity index (χ1) is 16.1. The summed E-state index contributed by atoms with van der Waals surface area (Å²) in [6.07, 6.45) is 1.51. The molecule has 0 radical (unpaired) electrons. The Morgan fingerprint density at radius 2 is 1.76 bits per heavy atom. The van der Waals surface area contributed by atoms with E-state index in [2.05, 4.69) is 31.8 Å². The van der Waals surface area contributed by atoms with Crippen LogP contribution in [0.5, 0.6) is 17.2 Å². The van der Waals surface area contributed by atoms with Crippen LogP contribution in [0.1, 0.15) is 21.5 Å². The van der Waals surface area contributed by atoms with Gasteiger partial charge in [-0.1, -0.05) is 28.1 Å². The summed E-state index contributed by atoms with van der Waals surface area (Å²) >= 11 is 3.41. The minimum absolute atomic E-state index is 0.128. The summed E-state index contributed by atoms with van der Waals surface area (Å²) in [6.45, 7) is 0.380. The Hall–Kier alpha value is -3.85. The number of hydrogen-bond donors (Lipinski definition) is 2. The number of amides is 2. The van der Waals surface area contributed by atoms with Crippen molar-refractivity contribution in [3.05, 3.63) is 87.9 Å². The number of carbonyl (C=O) groups excluding carboxylic acids is 2. The molecule has 2 amide bonds. The van der Waals surface area contributed by atoms with Crippen LogP contribution in [-0.2, 0) is 11.4 Å². The van der Waals surface area contributed by atoms with Gasteiger partial charge in [0.25, 0.3) is 11.8 Å². The van der Waals surface area contributed by atoms with E-state index in [0.717, 1.165) is 21.3 Å². The third-order valence-corrected chi connectivity index (χ3v) is 5.17.